The molecular formula is C9H14N2O3S. The maximum atomic E-state index is 10.2. The van der Waals surface area contributed by atoms with Gasteiger partial charge in [-0.2, -0.15) is 0 Å². The minimum absolute atomic E-state index is 0.254. The molecule has 1 aromatic rings. The Hall–Kier alpha value is -1.04. The van der Waals surface area contributed by atoms with Crippen molar-refractivity contribution in [2.24, 2.45) is 0 Å². The van der Waals surface area contributed by atoms with E-state index in [0.717, 1.165) is 25.0 Å². The molecule has 1 rings (SSSR count). The van der Waals surface area contributed by atoms with Crippen LogP contribution in [0, 0.1) is 6.92 Å². The van der Waals surface area contributed by atoms with Crippen molar-refractivity contribution < 1.29 is 14.3 Å². The monoisotopic (exact) mass is 230 g/mol. The Morgan fingerprint density at radius 3 is 2.80 bits per heavy atom. The van der Waals surface area contributed by atoms with Crippen LogP contribution in [0.3, 0.4) is 0 Å². The molecule has 0 radical (unpaired) electrons. The van der Waals surface area contributed by atoms with Crippen molar-refractivity contribution in [3.8, 4) is 0 Å². The van der Waals surface area contributed by atoms with Crippen LogP contribution in [-0.4, -0.2) is 27.0 Å². The van der Waals surface area contributed by atoms with Gasteiger partial charge in [-0.3, -0.25) is 4.79 Å². The van der Waals surface area contributed by atoms with Crippen molar-refractivity contribution in [3.05, 3.63) is 5.89 Å². The maximum absolute atomic E-state index is 10.2. The second kappa shape index (κ2) is 6.44. The molecule has 5 nitrogen and oxygen atoms in total. The summed E-state index contributed by atoms with van der Waals surface area (Å²) in [5, 5.41) is 16.6. The maximum Gasteiger partial charge on any atom is 0.303 e. The summed E-state index contributed by atoms with van der Waals surface area (Å²) in [5.41, 5.74) is 0. The number of aliphatic carboxylic acids is 1. The van der Waals surface area contributed by atoms with Gasteiger partial charge in [0.05, 0.1) is 0 Å². The lowest BCUT2D eigenvalue weighted by Gasteiger charge is -1.96. The predicted molar refractivity (Wildman–Crippen MR) is 55.9 cm³/mol. The quantitative estimate of drug-likeness (QED) is 0.571. The zero-order valence-electron chi connectivity index (χ0n) is 8.60. The number of carboxylic acid groups (broad SMARTS) is 1. The third-order valence-electron chi connectivity index (χ3n) is 1.77. The lowest BCUT2D eigenvalue weighted by atomic mass is 10.2. The summed E-state index contributed by atoms with van der Waals surface area (Å²) in [4.78, 5) is 10.2. The minimum Gasteiger partial charge on any atom is -0.481 e. The Bertz CT molecular complexity index is 314. The van der Waals surface area contributed by atoms with E-state index in [1.54, 1.807) is 6.92 Å². The van der Waals surface area contributed by atoms with Crippen LogP contribution in [0.15, 0.2) is 9.64 Å². The Labute approximate surface area is 92.3 Å². The highest BCUT2D eigenvalue weighted by molar-refractivity contribution is 7.99. The van der Waals surface area contributed by atoms with Gasteiger partial charge in [0.25, 0.3) is 5.22 Å². The average Bonchev–Trinajstić information content (AvgIpc) is 2.57. The zero-order valence-corrected chi connectivity index (χ0v) is 9.42. The van der Waals surface area contributed by atoms with E-state index in [2.05, 4.69) is 10.2 Å². The van der Waals surface area contributed by atoms with Crippen LogP contribution < -0.4 is 0 Å². The van der Waals surface area contributed by atoms with E-state index in [-0.39, 0.29) is 6.42 Å². The molecule has 84 valence electrons. The van der Waals surface area contributed by atoms with Crippen molar-refractivity contribution in [3.63, 3.8) is 0 Å². The van der Waals surface area contributed by atoms with E-state index in [4.69, 9.17) is 9.52 Å². The van der Waals surface area contributed by atoms with Crippen LogP contribution in [0.2, 0.25) is 0 Å². The van der Waals surface area contributed by atoms with E-state index in [0.29, 0.717) is 11.1 Å². The summed E-state index contributed by atoms with van der Waals surface area (Å²) in [5.74, 6) is 0.736. The SMILES string of the molecule is Cc1nnc(SCCCCCC(=O)O)o1. The fourth-order valence-corrected chi connectivity index (χ4v) is 1.85. The standard InChI is InChI=1S/C9H14N2O3S/c1-7-10-11-9(14-7)15-6-4-2-3-5-8(12)13/h2-6H2,1H3,(H,12,13). The lowest BCUT2D eigenvalue weighted by molar-refractivity contribution is -0.137. The molecule has 0 aliphatic rings. The van der Waals surface area contributed by atoms with E-state index in [1.807, 2.05) is 0 Å². The molecule has 6 heteroatoms. The highest BCUT2D eigenvalue weighted by Crippen LogP contribution is 2.17. The summed E-state index contributed by atoms with van der Waals surface area (Å²) in [6.45, 7) is 1.75. The van der Waals surface area contributed by atoms with Gasteiger partial charge in [-0.05, 0) is 12.8 Å². The molecule has 0 saturated heterocycles. The van der Waals surface area contributed by atoms with Crippen molar-refractivity contribution >= 4 is 17.7 Å². The smallest absolute Gasteiger partial charge is 0.303 e. The molecule has 0 bridgehead atoms. The molecule has 0 aliphatic heterocycles. The van der Waals surface area contributed by atoms with Gasteiger partial charge in [-0.1, -0.05) is 18.2 Å². The molecule has 0 unspecified atom stereocenters. The van der Waals surface area contributed by atoms with Crippen molar-refractivity contribution in [2.45, 2.75) is 37.8 Å². The first kappa shape index (κ1) is 12.0. The Morgan fingerprint density at radius 2 is 2.20 bits per heavy atom. The highest BCUT2D eigenvalue weighted by Gasteiger charge is 2.02. The van der Waals surface area contributed by atoms with Gasteiger partial charge >= 0.3 is 5.97 Å². The van der Waals surface area contributed by atoms with Gasteiger partial charge in [-0.25, -0.2) is 0 Å². The Balaban J connectivity index is 2.00. The molecular weight excluding hydrogens is 216 g/mol. The number of unbranched alkanes of at least 4 members (excludes halogenated alkanes) is 2. The number of hydrogen-bond donors (Lipinski definition) is 1. The average molecular weight is 230 g/mol. The molecule has 1 N–H and O–H groups in total. The number of rotatable bonds is 7. The van der Waals surface area contributed by atoms with Gasteiger partial charge in [-0.15, -0.1) is 10.2 Å². The number of carboxylic acids is 1. The number of hydrogen-bond acceptors (Lipinski definition) is 5. The van der Waals surface area contributed by atoms with Crippen LogP contribution in [0.1, 0.15) is 31.6 Å². The zero-order chi connectivity index (χ0) is 11.1. The molecule has 15 heavy (non-hydrogen) atoms. The Morgan fingerprint density at radius 1 is 1.40 bits per heavy atom. The normalized spacial score (nSPS) is 10.5. The first-order valence-electron chi connectivity index (χ1n) is 4.83. The van der Waals surface area contributed by atoms with Crippen molar-refractivity contribution in [1.82, 2.24) is 10.2 Å². The second-order valence-corrected chi connectivity index (χ2v) is 4.19. The van der Waals surface area contributed by atoms with Gasteiger partial charge in [0.1, 0.15) is 0 Å². The fourth-order valence-electron chi connectivity index (χ4n) is 1.05. The van der Waals surface area contributed by atoms with Crippen LogP contribution >= 0.6 is 11.8 Å². The molecule has 0 amide bonds. The largest absolute Gasteiger partial charge is 0.481 e. The number of carbonyl (C=O) groups is 1. The summed E-state index contributed by atoms with van der Waals surface area (Å²) in [6, 6.07) is 0. The molecule has 0 atom stereocenters. The number of thioether (sulfide) groups is 1. The third kappa shape index (κ3) is 5.41. The van der Waals surface area contributed by atoms with E-state index in [9.17, 15) is 4.79 Å². The van der Waals surface area contributed by atoms with Gasteiger partial charge in [0.2, 0.25) is 5.89 Å². The summed E-state index contributed by atoms with van der Waals surface area (Å²) in [6.07, 6.45) is 2.88. The first-order chi connectivity index (χ1) is 7.18. The molecule has 1 heterocycles. The van der Waals surface area contributed by atoms with E-state index < -0.39 is 5.97 Å². The molecule has 0 fully saturated rings. The van der Waals surface area contributed by atoms with Gasteiger partial charge in [0.15, 0.2) is 0 Å². The number of aromatic nitrogens is 2. The summed E-state index contributed by atoms with van der Waals surface area (Å²) >= 11 is 1.51. The molecule has 0 aliphatic carbocycles. The van der Waals surface area contributed by atoms with Gasteiger partial charge < -0.3 is 9.52 Å². The second-order valence-electron chi connectivity index (χ2n) is 3.14. The lowest BCUT2D eigenvalue weighted by Crippen LogP contribution is -1.93. The third-order valence-corrected chi connectivity index (χ3v) is 2.67. The first-order valence-corrected chi connectivity index (χ1v) is 5.82. The fraction of sp³-hybridized carbons (Fsp3) is 0.667. The molecule has 0 saturated carbocycles. The highest BCUT2D eigenvalue weighted by atomic mass is 32.2. The summed E-state index contributed by atoms with van der Waals surface area (Å²) in [7, 11) is 0. The number of nitrogens with zero attached hydrogens (tertiary/aromatic N) is 2. The van der Waals surface area contributed by atoms with Crippen molar-refractivity contribution in [1.29, 1.82) is 0 Å². The molecule has 1 aromatic heterocycles. The van der Waals surface area contributed by atoms with Crippen molar-refractivity contribution in [2.75, 3.05) is 5.75 Å². The van der Waals surface area contributed by atoms with Crippen LogP contribution in [0.5, 0.6) is 0 Å². The van der Waals surface area contributed by atoms with E-state index >= 15 is 0 Å². The van der Waals surface area contributed by atoms with Crippen LogP contribution in [0.25, 0.3) is 0 Å². The molecule has 0 spiro atoms. The van der Waals surface area contributed by atoms with Crippen LogP contribution in [-0.2, 0) is 4.79 Å². The summed E-state index contributed by atoms with van der Waals surface area (Å²) < 4.78 is 5.17. The van der Waals surface area contributed by atoms with Gasteiger partial charge in [0, 0.05) is 19.1 Å². The topological polar surface area (TPSA) is 76.2 Å². The predicted octanol–water partition coefficient (Wildman–Crippen LogP) is 2.12. The van der Waals surface area contributed by atoms with Crippen LogP contribution in [0.4, 0.5) is 0 Å². The van der Waals surface area contributed by atoms with E-state index in [1.165, 1.54) is 11.8 Å². The molecule has 0 aromatic carbocycles. The minimum atomic E-state index is -0.727. The number of aryl methyl sites for hydroxylation is 1. The Kier molecular flexibility index (Phi) is 5.17.